The zero-order valence-corrected chi connectivity index (χ0v) is 13.2. The molecule has 3 heteroatoms. The van der Waals surface area contributed by atoms with Crippen LogP contribution in [-0.2, 0) is 4.74 Å². The summed E-state index contributed by atoms with van der Waals surface area (Å²) >= 11 is 0. The SMILES string of the molecule is CCC1COCCN1C1(CN)CCC(C)(C)CC1C. The predicted octanol–water partition coefficient (Wildman–Crippen LogP) is 2.64. The van der Waals surface area contributed by atoms with Crippen LogP contribution in [0.2, 0.25) is 0 Å². The van der Waals surface area contributed by atoms with E-state index in [1.165, 1.54) is 19.3 Å². The molecule has 1 aliphatic heterocycles. The average Bonchev–Trinajstić information content (AvgIpc) is 2.39. The van der Waals surface area contributed by atoms with E-state index in [0.29, 0.717) is 17.4 Å². The minimum absolute atomic E-state index is 0.208. The maximum Gasteiger partial charge on any atom is 0.0622 e. The van der Waals surface area contributed by atoms with Gasteiger partial charge in [-0.3, -0.25) is 4.90 Å². The molecule has 0 aromatic heterocycles. The molecule has 19 heavy (non-hydrogen) atoms. The van der Waals surface area contributed by atoms with Crippen molar-refractivity contribution < 1.29 is 4.74 Å². The molecule has 3 atom stereocenters. The molecule has 0 aromatic rings. The smallest absolute Gasteiger partial charge is 0.0622 e. The summed E-state index contributed by atoms with van der Waals surface area (Å²) in [6.07, 6.45) is 4.99. The van der Waals surface area contributed by atoms with Crippen molar-refractivity contribution in [3.63, 3.8) is 0 Å². The van der Waals surface area contributed by atoms with E-state index in [1.807, 2.05) is 0 Å². The van der Waals surface area contributed by atoms with E-state index in [1.54, 1.807) is 0 Å². The Hall–Kier alpha value is -0.120. The lowest BCUT2D eigenvalue weighted by Gasteiger charge is -2.57. The van der Waals surface area contributed by atoms with Crippen molar-refractivity contribution >= 4 is 0 Å². The van der Waals surface area contributed by atoms with E-state index in [2.05, 4.69) is 32.6 Å². The quantitative estimate of drug-likeness (QED) is 0.855. The van der Waals surface area contributed by atoms with Gasteiger partial charge in [-0.1, -0.05) is 27.7 Å². The van der Waals surface area contributed by atoms with Gasteiger partial charge in [-0.2, -0.15) is 0 Å². The van der Waals surface area contributed by atoms with E-state index in [4.69, 9.17) is 10.5 Å². The molecule has 0 amide bonds. The highest BCUT2D eigenvalue weighted by Gasteiger charge is 2.48. The topological polar surface area (TPSA) is 38.5 Å². The van der Waals surface area contributed by atoms with Gasteiger partial charge >= 0.3 is 0 Å². The van der Waals surface area contributed by atoms with Gasteiger partial charge in [-0.25, -0.2) is 0 Å². The number of nitrogens with two attached hydrogens (primary N) is 1. The van der Waals surface area contributed by atoms with Gasteiger partial charge in [0.2, 0.25) is 0 Å². The van der Waals surface area contributed by atoms with Crippen molar-refractivity contribution in [1.82, 2.24) is 4.90 Å². The molecule has 2 rings (SSSR count). The highest BCUT2D eigenvalue weighted by molar-refractivity contribution is 5.04. The van der Waals surface area contributed by atoms with Crippen LogP contribution in [0.1, 0.15) is 53.4 Å². The molecule has 3 unspecified atom stereocenters. The van der Waals surface area contributed by atoms with Gasteiger partial charge in [-0.05, 0) is 37.0 Å². The first-order chi connectivity index (χ1) is 8.95. The number of ether oxygens (including phenoxy) is 1. The summed E-state index contributed by atoms with van der Waals surface area (Å²) in [7, 11) is 0. The fourth-order valence-corrected chi connectivity index (χ4v) is 4.35. The third kappa shape index (κ3) is 2.84. The van der Waals surface area contributed by atoms with Gasteiger partial charge in [0.25, 0.3) is 0 Å². The Kier molecular flexibility index (Phi) is 4.59. The van der Waals surface area contributed by atoms with Gasteiger partial charge in [0.05, 0.1) is 13.2 Å². The molecule has 2 N–H and O–H groups in total. The van der Waals surface area contributed by atoms with Gasteiger partial charge < -0.3 is 10.5 Å². The van der Waals surface area contributed by atoms with E-state index in [0.717, 1.165) is 32.7 Å². The molecule has 2 fully saturated rings. The van der Waals surface area contributed by atoms with E-state index < -0.39 is 0 Å². The third-order valence-corrected chi connectivity index (χ3v) is 5.64. The van der Waals surface area contributed by atoms with Crippen molar-refractivity contribution in [1.29, 1.82) is 0 Å². The van der Waals surface area contributed by atoms with Crippen molar-refractivity contribution in [2.24, 2.45) is 17.1 Å². The first-order valence-electron chi connectivity index (χ1n) is 8.00. The Labute approximate surface area is 118 Å². The van der Waals surface area contributed by atoms with Crippen LogP contribution in [0.3, 0.4) is 0 Å². The number of nitrogens with zero attached hydrogens (tertiary/aromatic N) is 1. The minimum atomic E-state index is 0.208. The van der Waals surface area contributed by atoms with E-state index in [-0.39, 0.29) is 5.54 Å². The number of morpholine rings is 1. The normalized spacial score (nSPS) is 40.3. The molecule has 0 aromatic carbocycles. The van der Waals surface area contributed by atoms with Crippen LogP contribution in [0.15, 0.2) is 0 Å². The van der Waals surface area contributed by atoms with Crippen LogP contribution in [0, 0.1) is 11.3 Å². The maximum absolute atomic E-state index is 6.28. The second-order valence-corrected chi connectivity index (χ2v) is 7.41. The standard InChI is InChI=1S/C16H32N2O/c1-5-14-11-19-9-8-18(14)16(12-17)7-6-15(3,4)10-13(16)2/h13-14H,5-12,17H2,1-4H3. The molecule has 112 valence electrons. The largest absolute Gasteiger partial charge is 0.378 e. The lowest BCUT2D eigenvalue weighted by atomic mass is 9.62. The average molecular weight is 268 g/mol. The zero-order valence-electron chi connectivity index (χ0n) is 13.2. The van der Waals surface area contributed by atoms with Gasteiger partial charge in [-0.15, -0.1) is 0 Å². The molecule has 3 nitrogen and oxygen atoms in total. The molecular weight excluding hydrogens is 236 g/mol. The van der Waals surface area contributed by atoms with Crippen molar-refractivity contribution in [3.8, 4) is 0 Å². The number of hydrogen-bond acceptors (Lipinski definition) is 3. The molecule has 1 aliphatic carbocycles. The summed E-state index contributed by atoms with van der Waals surface area (Å²) in [5.74, 6) is 0.674. The summed E-state index contributed by atoms with van der Waals surface area (Å²) in [6, 6.07) is 0.556. The summed E-state index contributed by atoms with van der Waals surface area (Å²) in [6.45, 7) is 13.1. The van der Waals surface area contributed by atoms with Crippen molar-refractivity contribution in [3.05, 3.63) is 0 Å². The lowest BCUT2D eigenvalue weighted by molar-refractivity contribution is -0.106. The summed E-state index contributed by atoms with van der Waals surface area (Å²) in [4.78, 5) is 2.70. The second kappa shape index (κ2) is 5.71. The number of rotatable bonds is 3. The molecule has 0 bridgehead atoms. The predicted molar refractivity (Wildman–Crippen MR) is 80.2 cm³/mol. The molecule has 1 saturated carbocycles. The van der Waals surface area contributed by atoms with Gasteiger partial charge in [0, 0.05) is 24.7 Å². The molecule has 0 radical (unpaired) electrons. The Morgan fingerprint density at radius 2 is 2.05 bits per heavy atom. The minimum Gasteiger partial charge on any atom is -0.378 e. The fraction of sp³-hybridized carbons (Fsp3) is 1.00. The fourth-order valence-electron chi connectivity index (χ4n) is 4.35. The molecule has 0 spiro atoms. The number of hydrogen-bond donors (Lipinski definition) is 1. The molecular formula is C16H32N2O. The maximum atomic E-state index is 6.28. The van der Waals surface area contributed by atoms with Gasteiger partial charge in [0.15, 0.2) is 0 Å². The van der Waals surface area contributed by atoms with Crippen LogP contribution < -0.4 is 5.73 Å². The summed E-state index contributed by atoms with van der Waals surface area (Å²) in [5, 5.41) is 0. The van der Waals surface area contributed by atoms with Crippen LogP contribution in [0.4, 0.5) is 0 Å². The molecule has 1 heterocycles. The zero-order chi connectivity index (χ0) is 14.1. The van der Waals surface area contributed by atoms with Crippen LogP contribution >= 0.6 is 0 Å². The third-order valence-electron chi connectivity index (χ3n) is 5.64. The molecule has 2 aliphatic rings. The first-order valence-corrected chi connectivity index (χ1v) is 8.00. The van der Waals surface area contributed by atoms with Crippen LogP contribution in [-0.4, -0.2) is 42.8 Å². The Morgan fingerprint density at radius 3 is 2.63 bits per heavy atom. The first kappa shape index (κ1) is 15.3. The van der Waals surface area contributed by atoms with Crippen molar-refractivity contribution in [2.75, 3.05) is 26.3 Å². The van der Waals surface area contributed by atoms with Crippen LogP contribution in [0.25, 0.3) is 0 Å². The Balaban J connectivity index is 2.21. The highest BCUT2D eigenvalue weighted by atomic mass is 16.5. The highest BCUT2D eigenvalue weighted by Crippen LogP contribution is 2.47. The van der Waals surface area contributed by atoms with E-state index >= 15 is 0 Å². The Morgan fingerprint density at radius 1 is 1.32 bits per heavy atom. The summed E-state index contributed by atoms with van der Waals surface area (Å²) < 4.78 is 5.68. The van der Waals surface area contributed by atoms with E-state index in [9.17, 15) is 0 Å². The second-order valence-electron chi connectivity index (χ2n) is 7.41. The monoisotopic (exact) mass is 268 g/mol. The van der Waals surface area contributed by atoms with Gasteiger partial charge in [0.1, 0.15) is 0 Å². The van der Waals surface area contributed by atoms with Crippen molar-refractivity contribution in [2.45, 2.75) is 65.0 Å². The lowest BCUT2D eigenvalue weighted by Crippen LogP contribution is -2.66. The summed E-state index contributed by atoms with van der Waals surface area (Å²) in [5.41, 5.74) is 6.97. The molecule has 1 saturated heterocycles. The Bertz CT molecular complexity index is 305. The van der Waals surface area contributed by atoms with Crippen LogP contribution in [0.5, 0.6) is 0 Å².